The van der Waals surface area contributed by atoms with Crippen molar-refractivity contribution in [3.63, 3.8) is 0 Å². The van der Waals surface area contributed by atoms with Crippen LogP contribution in [0.4, 0.5) is 0 Å². The Morgan fingerprint density at radius 3 is 1.25 bits per heavy atom. The van der Waals surface area contributed by atoms with E-state index in [-0.39, 0.29) is 46.6 Å². The Morgan fingerprint density at radius 2 is 1.25 bits per heavy atom. The van der Waals surface area contributed by atoms with Crippen LogP contribution >= 0.6 is 10.6 Å². The first-order valence-electron chi connectivity index (χ1n) is 0.144. The van der Waals surface area contributed by atoms with Crippen LogP contribution in [0.2, 0.25) is 0 Å². The van der Waals surface area contributed by atoms with Crippen molar-refractivity contribution < 1.29 is 31.5 Å². The van der Waals surface area contributed by atoms with E-state index in [4.69, 9.17) is 0 Å². The molecule has 0 saturated carbocycles. The summed E-state index contributed by atoms with van der Waals surface area (Å²) in [5.41, 5.74) is 0. The number of rotatable bonds is 0. The SMILES string of the molecule is [Cu].[Na].[S]=[Fe]. The Hall–Kier alpha value is 2.26. The number of hydrogen-bond donors (Lipinski definition) is 0. The molecule has 2 radical (unpaired) electrons. The molecule has 0 aliphatic heterocycles. The van der Waals surface area contributed by atoms with E-state index < -0.39 is 0 Å². The average molecular weight is 174 g/mol. The molecule has 0 amide bonds. The molecule has 0 N–H and O–H groups in total. The fourth-order valence-electron chi connectivity index (χ4n) is 0. The van der Waals surface area contributed by atoms with E-state index in [9.17, 15) is 0 Å². The fourth-order valence-corrected chi connectivity index (χ4v) is 0. The maximum absolute atomic E-state index is 3.83. The maximum atomic E-state index is 3.83. The molecule has 0 aromatic carbocycles. The van der Waals surface area contributed by atoms with Gasteiger partial charge in [0.25, 0.3) is 0 Å². The van der Waals surface area contributed by atoms with Crippen LogP contribution in [0.1, 0.15) is 0 Å². The summed E-state index contributed by atoms with van der Waals surface area (Å²) in [6.07, 6.45) is 0. The number of hydrogen-bond acceptors (Lipinski definition) is 1. The van der Waals surface area contributed by atoms with Crippen molar-refractivity contribution in [2.75, 3.05) is 0 Å². The molecule has 0 spiro atoms. The summed E-state index contributed by atoms with van der Waals surface area (Å²) >= 11 is 2.83. The molecule has 0 unspecified atom stereocenters. The summed E-state index contributed by atoms with van der Waals surface area (Å²) in [4.78, 5) is 0. The summed E-state index contributed by atoms with van der Waals surface area (Å²) in [6, 6.07) is 0. The summed E-state index contributed by atoms with van der Waals surface area (Å²) in [6.45, 7) is 0. The molecule has 0 aromatic rings. The minimum absolute atomic E-state index is 0. The normalized spacial score (nSPS) is 1.25. The van der Waals surface area contributed by atoms with Crippen LogP contribution in [0.25, 0.3) is 0 Å². The van der Waals surface area contributed by atoms with Crippen molar-refractivity contribution >= 4 is 40.1 Å². The van der Waals surface area contributed by atoms with Crippen LogP contribution in [0.5, 0.6) is 0 Å². The topological polar surface area (TPSA) is 0 Å². The van der Waals surface area contributed by atoms with Crippen LogP contribution in [-0.2, 0) is 31.5 Å². The van der Waals surface area contributed by atoms with Gasteiger partial charge in [-0.25, -0.2) is 0 Å². The Labute approximate surface area is 70.5 Å². The van der Waals surface area contributed by atoms with Crippen LogP contribution in [0.15, 0.2) is 0 Å². The molecule has 0 bridgehead atoms. The zero-order chi connectivity index (χ0) is 2.00. The van der Waals surface area contributed by atoms with Gasteiger partial charge in [-0.3, -0.25) is 0 Å². The first-order valence-corrected chi connectivity index (χ1v) is 1.79. The molecule has 0 aromatic heterocycles. The summed E-state index contributed by atoms with van der Waals surface area (Å²) in [7, 11) is 3.83. The third-order valence-corrected chi connectivity index (χ3v) is 0. The minimum atomic E-state index is 0. The predicted octanol–water partition coefficient (Wildman–Crippen LogP) is 0.262. The van der Waals surface area contributed by atoms with E-state index >= 15 is 0 Å². The van der Waals surface area contributed by atoms with E-state index in [0.29, 0.717) is 0 Å². The monoisotopic (exact) mass is 174 g/mol. The molecule has 0 fully saturated rings. The van der Waals surface area contributed by atoms with Crippen molar-refractivity contribution in [1.82, 2.24) is 0 Å². The molecule has 0 aliphatic rings. The molecule has 4 heavy (non-hydrogen) atoms. The van der Waals surface area contributed by atoms with Gasteiger partial charge in [0.05, 0.1) is 0 Å². The molecule has 0 heterocycles. The van der Waals surface area contributed by atoms with Crippen LogP contribution < -0.4 is 0 Å². The fraction of sp³-hybridized carbons (Fsp3) is 0. The summed E-state index contributed by atoms with van der Waals surface area (Å²) in [5, 5.41) is 0. The van der Waals surface area contributed by atoms with E-state index in [1.807, 2.05) is 0 Å². The average Bonchev–Trinajstić information content (AvgIpc) is 1.00. The van der Waals surface area contributed by atoms with Gasteiger partial charge in [-0.1, -0.05) is 0 Å². The molecule has 0 aliphatic carbocycles. The van der Waals surface area contributed by atoms with Gasteiger partial charge in [0, 0.05) is 46.6 Å². The van der Waals surface area contributed by atoms with Gasteiger partial charge in [-0.2, -0.15) is 0 Å². The molecule has 4 heteroatoms. The van der Waals surface area contributed by atoms with Gasteiger partial charge in [-0.15, -0.1) is 0 Å². The summed E-state index contributed by atoms with van der Waals surface area (Å²) < 4.78 is 0. The first-order chi connectivity index (χ1) is 1.00. The van der Waals surface area contributed by atoms with Crippen molar-refractivity contribution in [3.05, 3.63) is 0 Å². The van der Waals surface area contributed by atoms with Crippen molar-refractivity contribution in [2.45, 2.75) is 0 Å². The van der Waals surface area contributed by atoms with E-state index in [0.717, 1.165) is 0 Å². The second-order valence-electron chi connectivity index (χ2n) is 0. The van der Waals surface area contributed by atoms with Gasteiger partial charge < -0.3 is 0 Å². The van der Waals surface area contributed by atoms with E-state index in [1.54, 1.807) is 0 Å². The molecular weight excluding hydrogens is 174 g/mol. The van der Waals surface area contributed by atoms with Gasteiger partial charge in [0.2, 0.25) is 0 Å². The Balaban J connectivity index is -0.00000000500. The van der Waals surface area contributed by atoms with Crippen LogP contribution in [0, 0.1) is 0 Å². The van der Waals surface area contributed by atoms with Crippen molar-refractivity contribution in [2.24, 2.45) is 0 Å². The van der Waals surface area contributed by atoms with Crippen LogP contribution in [-0.4, -0.2) is 29.6 Å². The van der Waals surface area contributed by atoms with E-state index in [1.165, 1.54) is 0 Å². The third-order valence-electron chi connectivity index (χ3n) is 0. The zero-order valence-electron chi connectivity index (χ0n) is 2.06. The molecular formula is CuFeNaS. The Bertz CT molecular complexity index is 8.00. The summed E-state index contributed by atoms with van der Waals surface area (Å²) in [5.74, 6) is 0. The molecule has 26 valence electrons. The predicted molar refractivity (Wildman–Crippen MR) is 13.3 cm³/mol. The first kappa shape index (κ1) is 16.3. The van der Waals surface area contributed by atoms with Gasteiger partial charge >= 0.3 is 24.9 Å². The van der Waals surface area contributed by atoms with E-state index in [2.05, 4.69) is 24.9 Å². The molecule has 0 nitrogen and oxygen atoms in total. The second kappa shape index (κ2) is 18.7. The quantitative estimate of drug-likeness (QED) is 0.475. The zero-order valence-corrected chi connectivity index (χ0v) is 6.93. The second-order valence-corrected chi connectivity index (χ2v) is 0. The molecule has 0 atom stereocenters. The Kier molecular flexibility index (Phi) is 76.2. The van der Waals surface area contributed by atoms with Gasteiger partial charge in [-0.05, 0) is 0 Å². The van der Waals surface area contributed by atoms with Crippen LogP contribution in [0.3, 0.4) is 0 Å². The van der Waals surface area contributed by atoms with Gasteiger partial charge in [0.15, 0.2) is 0 Å². The standard InChI is InChI=1S/Cu.Fe.Na.S. The van der Waals surface area contributed by atoms with Crippen molar-refractivity contribution in [1.29, 1.82) is 0 Å². The molecule has 0 rings (SSSR count). The van der Waals surface area contributed by atoms with Crippen molar-refractivity contribution in [3.8, 4) is 0 Å². The Morgan fingerprint density at radius 1 is 1.25 bits per heavy atom. The molecule has 0 saturated heterocycles. The van der Waals surface area contributed by atoms with Gasteiger partial charge in [0.1, 0.15) is 0 Å². The third kappa shape index (κ3) is 8.86.